The molecule has 0 fully saturated rings. The molecule has 0 N–H and O–H groups in total. The molecule has 0 aromatic heterocycles. The molecule has 21 heavy (non-hydrogen) atoms. The van der Waals surface area contributed by atoms with Gasteiger partial charge < -0.3 is 0 Å². The van der Waals surface area contributed by atoms with Crippen molar-refractivity contribution in [1.29, 1.82) is 0 Å². The summed E-state index contributed by atoms with van der Waals surface area (Å²) in [6.07, 6.45) is 12.1. The van der Waals surface area contributed by atoms with Crippen LogP contribution in [0.2, 0.25) is 0 Å². The smallest absolute Gasteiger partial charge is 0.00973 e. The highest BCUT2D eigenvalue weighted by Gasteiger charge is 1.97. The Balaban J connectivity index is 1.93. The minimum atomic E-state index is 1.01. The maximum atomic E-state index is 2.25. The first-order chi connectivity index (χ1) is 10.3. The number of hydrogen-bond acceptors (Lipinski definition) is 0. The largest absolute Gasteiger partial charge is 0.0885 e. The molecule has 0 unspecified atom stereocenters. The van der Waals surface area contributed by atoms with Crippen molar-refractivity contribution in [1.82, 2.24) is 0 Å². The van der Waals surface area contributed by atoms with E-state index in [1.54, 1.807) is 0 Å². The molecule has 0 aliphatic rings. The minimum Gasteiger partial charge on any atom is -0.0885 e. The van der Waals surface area contributed by atoms with Crippen molar-refractivity contribution < 1.29 is 0 Å². The second-order valence-corrected chi connectivity index (χ2v) is 5.35. The molecule has 108 valence electrons. The van der Waals surface area contributed by atoms with Gasteiger partial charge in [-0.25, -0.2) is 0 Å². The summed E-state index contributed by atoms with van der Waals surface area (Å²) in [6, 6.07) is 17.6. The lowest BCUT2D eigenvalue weighted by Gasteiger charge is -2.03. The van der Waals surface area contributed by atoms with Crippen LogP contribution in [0.1, 0.15) is 30.9 Å². The van der Waals surface area contributed by atoms with Gasteiger partial charge in [0.2, 0.25) is 0 Å². The van der Waals surface area contributed by atoms with Crippen LogP contribution in [-0.2, 0) is 6.42 Å². The van der Waals surface area contributed by atoms with Gasteiger partial charge in [0.25, 0.3) is 0 Å². The van der Waals surface area contributed by atoms with E-state index < -0.39 is 0 Å². The lowest BCUT2D eigenvalue weighted by Crippen LogP contribution is -1.83. The van der Waals surface area contributed by atoms with E-state index in [-0.39, 0.29) is 0 Å². The van der Waals surface area contributed by atoms with Crippen LogP contribution in [0.5, 0.6) is 0 Å². The highest BCUT2D eigenvalue weighted by molar-refractivity contribution is 5.63. The van der Waals surface area contributed by atoms with Gasteiger partial charge in [-0.05, 0) is 42.9 Å². The van der Waals surface area contributed by atoms with Gasteiger partial charge in [0.05, 0.1) is 0 Å². The van der Waals surface area contributed by atoms with Gasteiger partial charge in [0.1, 0.15) is 0 Å². The Labute approximate surface area is 128 Å². The molecule has 2 aromatic carbocycles. The van der Waals surface area contributed by atoms with E-state index in [1.165, 1.54) is 22.3 Å². The van der Waals surface area contributed by atoms with Gasteiger partial charge in [0, 0.05) is 0 Å². The summed E-state index contributed by atoms with van der Waals surface area (Å²) in [5.74, 6) is 0. The van der Waals surface area contributed by atoms with Crippen molar-refractivity contribution >= 4 is 0 Å². The van der Waals surface area contributed by atoms with E-state index in [1.807, 2.05) is 0 Å². The molecule has 0 amide bonds. The zero-order valence-corrected chi connectivity index (χ0v) is 13.0. The van der Waals surface area contributed by atoms with Gasteiger partial charge >= 0.3 is 0 Å². The molecule has 0 heteroatoms. The van der Waals surface area contributed by atoms with Gasteiger partial charge in [-0.15, -0.1) is 0 Å². The van der Waals surface area contributed by atoms with E-state index in [0.717, 1.165) is 19.3 Å². The number of hydrogen-bond donors (Lipinski definition) is 0. The van der Waals surface area contributed by atoms with E-state index in [9.17, 15) is 0 Å². The summed E-state index contributed by atoms with van der Waals surface area (Å²) in [5.41, 5.74) is 5.24. The average molecular weight is 276 g/mol. The Kier molecular flexibility index (Phi) is 6.02. The zero-order valence-electron chi connectivity index (χ0n) is 13.0. The van der Waals surface area contributed by atoms with Crippen LogP contribution in [0.4, 0.5) is 0 Å². The summed E-state index contributed by atoms with van der Waals surface area (Å²) >= 11 is 0. The summed E-state index contributed by atoms with van der Waals surface area (Å²) in [5, 5.41) is 0. The molecule has 0 radical (unpaired) electrons. The van der Waals surface area contributed by atoms with Crippen LogP contribution in [0.3, 0.4) is 0 Å². The standard InChI is InChI=1S/C21H24/c1-3-4-5-6-7-8-9-19-12-16-21(17-13-19)20-14-10-18(2)11-15-20/h4-5,7-8,10-17H,3,6,9H2,1-2H3/b5-4+,8-7-. The molecule has 0 aliphatic carbocycles. The molecule has 0 saturated heterocycles. The first-order valence-corrected chi connectivity index (χ1v) is 7.75. The number of rotatable bonds is 6. The average Bonchev–Trinajstić information content (AvgIpc) is 2.52. The van der Waals surface area contributed by atoms with Crippen molar-refractivity contribution in [2.75, 3.05) is 0 Å². The quantitative estimate of drug-likeness (QED) is 0.558. The third-order valence-electron chi connectivity index (χ3n) is 3.53. The normalized spacial score (nSPS) is 11.5. The molecular weight excluding hydrogens is 252 g/mol. The van der Waals surface area contributed by atoms with Crippen molar-refractivity contribution in [2.45, 2.75) is 33.1 Å². The Morgan fingerprint density at radius 2 is 1.29 bits per heavy atom. The van der Waals surface area contributed by atoms with Crippen LogP contribution >= 0.6 is 0 Å². The Hall–Kier alpha value is -2.08. The molecule has 2 aromatic rings. The van der Waals surface area contributed by atoms with E-state index in [2.05, 4.69) is 86.7 Å². The minimum absolute atomic E-state index is 1.01. The summed E-state index contributed by atoms with van der Waals surface area (Å²) in [7, 11) is 0. The first kappa shape index (κ1) is 15.3. The topological polar surface area (TPSA) is 0 Å². The SMILES string of the molecule is CC/C=C/C/C=C\Cc1ccc(-c2ccc(C)cc2)cc1. The van der Waals surface area contributed by atoms with Crippen LogP contribution in [0.15, 0.2) is 72.8 Å². The molecule has 0 aliphatic heterocycles. The van der Waals surface area contributed by atoms with Crippen molar-refractivity contribution in [3.63, 3.8) is 0 Å². The van der Waals surface area contributed by atoms with Gasteiger partial charge in [-0.2, -0.15) is 0 Å². The van der Waals surface area contributed by atoms with Gasteiger partial charge in [-0.1, -0.05) is 85.3 Å². The summed E-state index contributed by atoms with van der Waals surface area (Å²) in [4.78, 5) is 0. The van der Waals surface area contributed by atoms with E-state index >= 15 is 0 Å². The summed E-state index contributed by atoms with van der Waals surface area (Å²) < 4.78 is 0. The third-order valence-corrected chi connectivity index (χ3v) is 3.53. The lowest BCUT2D eigenvalue weighted by atomic mass is 10.0. The van der Waals surface area contributed by atoms with Crippen LogP contribution in [0, 0.1) is 6.92 Å². The highest BCUT2D eigenvalue weighted by atomic mass is 14.0. The Morgan fingerprint density at radius 1 is 0.714 bits per heavy atom. The van der Waals surface area contributed by atoms with Crippen LogP contribution in [-0.4, -0.2) is 0 Å². The van der Waals surface area contributed by atoms with Gasteiger partial charge in [-0.3, -0.25) is 0 Å². The van der Waals surface area contributed by atoms with Crippen molar-refractivity contribution in [2.24, 2.45) is 0 Å². The first-order valence-electron chi connectivity index (χ1n) is 7.75. The molecule has 0 saturated carbocycles. The van der Waals surface area contributed by atoms with Gasteiger partial charge in [0.15, 0.2) is 0 Å². The monoisotopic (exact) mass is 276 g/mol. The predicted molar refractivity (Wildman–Crippen MR) is 93.5 cm³/mol. The molecule has 0 heterocycles. The maximum Gasteiger partial charge on any atom is -0.00973 e. The second kappa shape index (κ2) is 8.26. The fourth-order valence-corrected chi connectivity index (χ4v) is 2.24. The Bertz CT molecular complexity index is 583. The molecule has 2 rings (SSSR count). The van der Waals surface area contributed by atoms with E-state index in [0.29, 0.717) is 0 Å². The van der Waals surface area contributed by atoms with E-state index in [4.69, 9.17) is 0 Å². The molecule has 0 nitrogen and oxygen atoms in total. The zero-order chi connectivity index (χ0) is 14.9. The molecular formula is C21H24. The maximum absolute atomic E-state index is 2.25. The molecule has 0 spiro atoms. The Morgan fingerprint density at radius 3 is 1.90 bits per heavy atom. The fourth-order valence-electron chi connectivity index (χ4n) is 2.24. The lowest BCUT2D eigenvalue weighted by molar-refractivity contribution is 1.19. The van der Waals surface area contributed by atoms with Crippen molar-refractivity contribution in [3.8, 4) is 11.1 Å². The summed E-state index contributed by atoms with van der Waals surface area (Å²) in [6.45, 7) is 4.28. The fraction of sp³-hybridized carbons (Fsp3) is 0.238. The number of aryl methyl sites for hydroxylation is 1. The second-order valence-electron chi connectivity index (χ2n) is 5.35. The highest BCUT2D eigenvalue weighted by Crippen LogP contribution is 2.20. The number of benzene rings is 2. The van der Waals surface area contributed by atoms with Crippen molar-refractivity contribution in [3.05, 3.63) is 84.0 Å². The van der Waals surface area contributed by atoms with Crippen LogP contribution < -0.4 is 0 Å². The van der Waals surface area contributed by atoms with Crippen LogP contribution in [0.25, 0.3) is 11.1 Å². The molecule has 0 bridgehead atoms. The predicted octanol–water partition coefficient (Wildman–Crippen LogP) is 6.12. The third kappa shape index (κ3) is 5.07. The number of allylic oxidation sites excluding steroid dienone is 4. The molecule has 0 atom stereocenters.